The van der Waals surface area contributed by atoms with Gasteiger partial charge in [0.1, 0.15) is 5.75 Å². The van der Waals surface area contributed by atoms with Crippen LogP contribution < -0.4 is 4.74 Å². The van der Waals surface area contributed by atoms with Crippen molar-refractivity contribution < 1.29 is 18.4 Å². The summed E-state index contributed by atoms with van der Waals surface area (Å²) in [6.07, 6.45) is -3.00. The number of nitro groups is 1. The summed E-state index contributed by atoms with van der Waals surface area (Å²) >= 11 is 3.04. The standard InChI is InChI=1S/C8H7BrF2N2O3/c1-16-6-2-5(13(14)15)7(8(10)11)12-4(6)3-9/h2,8H,3H2,1H3. The van der Waals surface area contributed by atoms with E-state index in [4.69, 9.17) is 4.74 Å². The Labute approximate surface area is 97.7 Å². The SMILES string of the molecule is COc1cc([N+](=O)[O-])c(C(F)F)nc1CBr. The molecule has 5 nitrogen and oxygen atoms in total. The van der Waals surface area contributed by atoms with Crippen molar-refractivity contribution >= 4 is 21.6 Å². The minimum Gasteiger partial charge on any atom is -0.495 e. The van der Waals surface area contributed by atoms with Crippen LogP contribution in [0.4, 0.5) is 14.5 Å². The van der Waals surface area contributed by atoms with Gasteiger partial charge in [-0.2, -0.15) is 0 Å². The van der Waals surface area contributed by atoms with Crippen molar-refractivity contribution in [2.45, 2.75) is 11.8 Å². The van der Waals surface area contributed by atoms with Crippen LogP contribution in [0, 0.1) is 10.1 Å². The van der Waals surface area contributed by atoms with Gasteiger partial charge in [0.2, 0.25) is 0 Å². The second-order valence-electron chi connectivity index (χ2n) is 2.73. The number of aromatic nitrogens is 1. The lowest BCUT2D eigenvalue weighted by Crippen LogP contribution is -2.04. The van der Waals surface area contributed by atoms with E-state index in [0.29, 0.717) is 0 Å². The highest BCUT2D eigenvalue weighted by molar-refractivity contribution is 9.08. The van der Waals surface area contributed by atoms with Crippen LogP contribution in [0.5, 0.6) is 5.75 Å². The summed E-state index contributed by atoms with van der Waals surface area (Å²) in [4.78, 5) is 13.2. The molecule has 0 unspecified atom stereocenters. The number of hydrogen-bond donors (Lipinski definition) is 0. The minimum atomic E-state index is -3.00. The summed E-state index contributed by atoms with van der Waals surface area (Å²) in [6.45, 7) is 0. The molecule has 0 fully saturated rings. The Morgan fingerprint density at radius 2 is 2.31 bits per heavy atom. The number of nitrogens with zero attached hydrogens (tertiary/aromatic N) is 2. The highest BCUT2D eigenvalue weighted by atomic mass is 79.9. The zero-order chi connectivity index (χ0) is 12.3. The first-order valence-electron chi connectivity index (χ1n) is 4.07. The van der Waals surface area contributed by atoms with Crippen molar-refractivity contribution in [1.82, 2.24) is 4.98 Å². The van der Waals surface area contributed by atoms with Gasteiger partial charge >= 0.3 is 0 Å². The Kier molecular flexibility index (Phi) is 4.11. The molecule has 88 valence electrons. The molecule has 1 aromatic rings. The lowest BCUT2D eigenvalue weighted by Gasteiger charge is -2.08. The molecule has 0 aliphatic heterocycles. The van der Waals surface area contributed by atoms with Gasteiger partial charge in [0.05, 0.1) is 23.8 Å². The van der Waals surface area contributed by atoms with Crippen LogP contribution in [-0.4, -0.2) is 17.0 Å². The molecule has 0 aliphatic carbocycles. The van der Waals surface area contributed by atoms with Gasteiger partial charge in [-0.25, -0.2) is 13.8 Å². The third-order valence-corrected chi connectivity index (χ3v) is 2.35. The van der Waals surface area contributed by atoms with E-state index in [9.17, 15) is 18.9 Å². The maximum atomic E-state index is 12.5. The average Bonchev–Trinajstić information content (AvgIpc) is 2.26. The van der Waals surface area contributed by atoms with Crippen molar-refractivity contribution in [2.24, 2.45) is 0 Å². The first-order chi connectivity index (χ1) is 7.51. The summed E-state index contributed by atoms with van der Waals surface area (Å²) in [5, 5.41) is 10.7. The topological polar surface area (TPSA) is 65.3 Å². The van der Waals surface area contributed by atoms with Crippen molar-refractivity contribution in [3.8, 4) is 5.75 Å². The van der Waals surface area contributed by atoms with Gasteiger partial charge in [-0.3, -0.25) is 10.1 Å². The molecular formula is C8H7BrF2N2O3. The molecular weight excluding hydrogens is 290 g/mol. The molecule has 0 saturated heterocycles. The molecule has 0 spiro atoms. The largest absolute Gasteiger partial charge is 0.495 e. The molecule has 0 radical (unpaired) electrons. The van der Waals surface area contributed by atoms with Crippen molar-refractivity contribution in [1.29, 1.82) is 0 Å². The Bertz CT molecular complexity index is 415. The van der Waals surface area contributed by atoms with Gasteiger partial charge in [0.25, 0.3) is 12.1 Å². The first-order valence-corrected chi connectivity index (χ1v) is 5.19. The summed E-state index contributed by atoms with van der Waals surface area (Å²) in [5.74, 6) is 0.105. The molecule has 1 rings (SSSR count). The van der Waals surface area contributed by atoms with Crippen molar-refractivity contribution in [3.63, 3.8) is 0 Å². The molecule has 0 aliphatic rings. The van der Waals surface area contributed by atoms with Gasteiger partial charge in [0.15, 0.2) is 5.69 Å². The second kappa shape index (κ2) is 5.15. The highest BCUT2D eigenvalue weighted by Crippen LogP contribution is 2.32. The molecule has 0 amide bonds. The number of alkyl halides is 3. The quantitative estimate of drug-likeness (QED) is 0.487. The summed E-state index contributed by atoms with van der Waals surface area (Å²) in [7, 11) is 1.29. The summed E-state index contributed by atoms with van der Waals surface area (Å²) in [6, 6.07) is 0.949. The van der Waals surface area contributed by atoms with Crippen molar-refractivity contribution in [3.05, 3.63) is 27.6 Å². The van der Waals surface area contributed by atoms with Gasteiger partial charge < -0.3 is 4.74 Å². The minimum absolute atomic E-state index is 0.105. The third kappa shape index (κ3) is 2.43. The third-order valence-electron chi connectivity index (χ3n) is 1.82. The van der Waals surface area contributed by atoms with Crippen LogP contribution in [-0.2, 0) is 5.33 Å². The number of methoxy groups -OCH3 is 1. The molecule has 0 bridgehead atoms. The molecule has 0 atom stereocenters. The van der Waals surface area contributed by atoms with E-state index in [2.05, 4.69) is 20.9 Å². The van der Waals surface area contributed by atoms with E-state index in [1.54, 1.807) is 0 Å². The van der Waals surface area contributed by atoms with E-state index < -0.39 is 22.7 Å². The normalized spacial score (nSPS) is 10.6. The van der Waals surface area contributed by atoms with E-state index in [0.717, 1.165) is 6.07 Å². The maximum absolute atomic E-state index is 12.5. The van der Waals surface area contributed by atoms with Crippen molar-refractivity contribution in [2.75, 3.05) is 7.11 Å². The van der Waals surface area contributed by atoms with E-state index in [1.165, 1.54) is 7.11 Å². The average molecular weight is 297 g/mol. The lowest BCUT2D eigenvalue weighted by molar-refractivity contribution is -0.386. The predicted octanol–water partition coefficient (Wildman–Crippen LogP) is 2.83. The smallest absolute Gasteiger partial charge is 0.300 e. The van der Waals surface area contributed by atoms with E-state index in [1.807, 2.05) is 0 Å². The zero-order valence-electron chi connectivity index (χ0n) is 8.11. The van der Waals surface area contributed by atoms with Crippen LogP contribution in [0.2, 0.25) is 0 Å². The number of pyridine rings is 1. The van der Waals surface area contributed by atoms with Crippen LogP contribution in [0.25, 0.3) is 0 Å². The van der Waals surface area contributed by atoms with Crippen LogP contribution in [0.3, 0.4) is 0 Å². The molecule has 1 aromatic heterocycles. The Hall–Kier alpha value is -1.31. The first kappa shape index (κ1) is 12.8. The molecule has 0 N–H and O–H groups in total. The van der Waals surface area contributed by atoms with Crippen LogP contribution in [0.15, 0.2) is 6.07 Å². The van der Waals surface area contributed by atoms with E-state index in [-0.39, 0.29) is 16.8 Å². The molecule has 0 saturated carbocycles. The lowest BCUT2D eigenvalue weighted by atomic mass is 10.2. The van der Waals surface area contributed by atoms with Gasteiger partial charge in [-0.15, -0.1) is 0 Å². The number of halogens is 3. The fourth-order valence-corrected chi connectivity index (χ4v) is 1.52. The summed E-state index contributed by atoms with van der Waals surface area (Å²) in [5.41, 5.74) is -1.39. The number of ether oxygens (including phenoxy) is 1. The van der Waals surface area contributed by atoms with Gasteiger partial charge in [-0.1, -0.05) is 15.9 Å². The van der Waals surface area contributed by atoms with Crippen LogP contribution >= 0.6 is 15.9 Å². The van der Waals surface area contributed by atoms with Gasteiger partial charge in [-0.05, 0) is 0 Å². The zero-order valence-corrected chi connectivity index (χ0v) is 9.70. The predicted molar refractivity (Wildman–Crippen MR) is 55.0 cm³/mol. The van der Waals surface area contributed by atoms with Crippen LogP contribution in [0.1, 0.15) is 17.8 Å². The number of rotatable bonds is 4. The Morgan fingerprint density at radius 1 is 1.69 bits per heavy atom. The molecule has 16 heavy (non-hydrogen) atoms. The monoisotopic (exact) mass is 296 g/mol. The highest BCUT2D eigenvalue weighted by Gasteiger charge is 2.26. The molecule has 0 aromatic carbocycles. The molecule has 8 heteroatoms. The number of hydrogen-bond acceptors (Lipinski definition) is 4. The molecule has 1 heterocycles. The van der Waals surface area contributed by atoms with E-state index >= 15 is 0 Å². The Balaban J connectivity index is 3.41. The summed E-state index contributed by atoms with van der Waals surface area (Å²) < 4.78 is 29.9. The second-order valence-corrected chi connectivity index (χ2v) is 3.29. The Morgan fingerprint density at radius 3 is 2.69 bits per heavy atom. The maximum Gasteiger partial charge on any atom is 0.300 e. The fourth-order valence-electron chi connectivity index (χ4n) is 1.12. The fraction of sp³-hybridized carbons (Fsp3) is 0.375. The van der Waals surface area contributed by atoms with Gasteiger partial charge in [0, 0.05) is 5.33 Å².